The van der Waals surface area contributed by atoms with Crippen molar-refractivity contribution in [2.45, 2.75) is 18.5 Å². The molecule has 0 bridgehead atoms. The summed E-state index contributed by atoms with van der Waals surface area (Å²) in [5, 5.41) is 11.9. The minimum Gasteiger partial charge on any atom is -0.386 e. The second kappa shape index (κ2) is 7.57. The van der Waals surface area contributed by atoms with E-state index in [-0.39, 0.29) is 17.0 Å². The van der Waals surface area contributed by atoms with E-state index in [1.807, 2.05) is 10.8 Å². The lowest BCUT2D eigenvalue weighted by atomic mass is 9.86. The predicted molar refractivity (Wildman–Crippen MR) is 111 cm³/mol. The third kappa shape index (κ3) is 3.55. The number of likely N-dealkylation sites (N-methyl/N-ethyl adjacent to an activating group) is 2. The fourth-order valence-electron chi connectivity index (χ4n) is 3.77. The molecule has 10 heteroatoms. The average Bonchev–Trinajstić information content (AvgIpc) is 3.06. The molecule has 154 valence electrons. The van der Waals surface area contributed by atoms with Gasteiger partial charge in [0.05, 0.1) is 28.2 Å². The van der Waals surface area contributed by atoms with Gasteiger partial charge in [0, 0.05) is 37.5 Å². The summed E-state index contributed by atoms with van der Waals surface area (Å²) in [4.78, 5) is 36.0. The van der Waals surface area contributed by atoms with Crippen LogP contribution in [-0.2, 0) is 6.42 Å². The first-order valence-electron chi connectivity index (χ1n) is 9.09. The summed E-state index contributed by atoms with van der Waals surface area (Å²) >= 11 is 0. The molecule has 1 heterocycles. The van der Waals surface area contributed by atoms with Crippen molar-refractivity contribution in [1.29, 1.82) is 0 Å². The summed E-state index contributed by atoms with van der Waals surface area (Å²) < 4.78 is 1.86. The summed E-state index contributed by atoms with van der Waals surface area (Å²) in [6.07, 6.45) is 2.66. The van der Waals surface area contributed by atoms with Gasteiger partial charge in [0.15, 0.2) is 5.78 Å². The van der Waals surface area contributed by atoms with Crippen molar-refractivity contribution in [3.63, 3.8) is 0 Å². The molecule has 0 radical (unpaired) electrons. The van der Waals surface area contributed by atoms with Gasteiger partial charge in [-0.05, 0) is 32.3 Å². The SMILES string of the molecule is CNc1cn(-c2ccc(C(N)=O)c(NC(N)=O)c2)c2c1C(=O)CC(NC)(NC)C2. The van der Waals surface area contributed by atoms with Crippen LogP contribution >= 0.6 is 0 Å². The molecule has 8 N–H and O–H groups in total. The van der Waals surface area contributed by atoms with Crippen LogP contribution in [0, 0.1) is 0 Å². The van der Waals surface area contributed by atoms with Gasteiger partial charge in [-0.2, -0.15) is 0 Å². The van der Waals surface area contributed by atoms with Crippen LogP contribution in [0.3, 0.4) is 0 Å². The Kier molecular flexibility index (Phi) is 5.31. The molecule has 1 aromatic carbocycles. The number of ketones is 1. The van der Waals surface area contributed by atoms with E-state index in [2.05, 4.69) is 21.3 Å². The minimum absolute atomic E-state index is 0.00212. The molecule has 0 spiro atoms. The van der Waals surface area contributed by atoms with Crippen molar-refractivity contribution >= 4 is 29.1 Å². The van der Waals surface area contributed by atoms with Gasteiger partial charge < -0.3 is 37.3 Å². The van der Waals surface area contributed by atoms with Gasteiger partial charge in [-0.1, -0.05) is 0 Å². The Morgan fingerprint density at radius 2 is 1.76 bits per heavy atom. The van der Waals surface area contributed by atoms with Crippen LogP contribution in [0.2, 0.25) is 0 Å². The number of urea groups is 1. The molecule has 0 atom stereocenters. The zero-order valence-corrected chi connectivity index (χ0v) is 16.6. The van der Waals surface area contributed by atoms with E-state index in [1.54, 1.807) is 33.3 Å². The van der Waals surface area contributed by atoms with Gasteiger partial charge in [0.1, 0.15) is 0 Å². The van der Waals surface area contributed by atoms with Crippen molar-refractivity contribution in [2.75, 3.05) is 31.8 Å². The van der Waals surface area contributed by atoms with Crippen LogP contribution in [0.15, 0.2) is 24.4 Å². The number of rotatable bonds is 6. The highest BCUT2D eigenvalue weighted by Gasteiger charge is 2.39. The fraction of sp³-hybridized carbons (Fsp3) is 0.316. The summed E-state index contributed by atoms with van der Waals surface area (Å²) in [5.41, 5.74) is 13.2. The van der Waals surface area contributed by atoms with Crippen LogP contribution in [0.1, 0.15) is 32.8 Å². The number of hydrogen-bond acceptors (Lipinski definition) is 6. The number of nitrogens with one attached hydrogen (secondary N) is 4. The number of anilines is 2. The number of Topliss-reactive ketones (excluding diaryl/α,β-unsaturated/α-hetero) is 1. The molecule has 1 aliphatic carbocycles. The number of amides is 3. The highest BCUT2D eigenvalue weighted by atomic mass is 16.2. The first kappa shape index (κ1) is 20.4. The van der Waals surface area contributed by atoms with Crippen molar-refractivity contribution in [3.8, 4) is 5.69 Å². The normalized spacial score (nSPS) is 14.9. The Balaban J connectivity index is 2.19. The quantitative estimate of drug-likeness (QED) is 0.385. The Bertz CT molecular complexity index is 992. The van der Waals surface area contributed by atoms with Crippen LogP contribution in [0.5, 0.6) is 0 Å². The van der Waals surface area contributed by atoms with Gasteiger partial charge in [0.2, 0.25) is 0 Å². The predicted octanol–water partition coefficient (Wildman–Crippen LogP) is 0.373. The summed E-state index contributed by atoms with van der Waals surface area (Å²) in [7, 11) is 5.36. The topological polar surface area (TPSA) is 156 Å². The third-order valence-corrected chi connectivity index (χ3v) is 5.35. The second-order valence-corrected chi connectivity index (χ2v) is 6.93. The van der Waals surface area contributed by atoms with Gasteiger partial charge in [-0.15, -0.1) is 0 Å². The molecule has 0 fully saturated rings. The van der Waals surface area contributed by atoms with E-state index < -0.39 is 17.6 Å². The smallest absolute Gasteiger partial charge is 0.316 e. The number of benzene rings is 1. The number of aromatic nitrogens is 1. The number of hydrogen-bond donors (Lipinski definition) is 6. The minimum atomic E-state index is -0.811. The molecular formula is C19H25N7O3. The second-order valence-electron chi connectivity index (χ2n) is 6.93. The largest absolute Gasteiger partial charge is 0.386 e. The van der Waals surface area contributed by atoms with Crippen molar-refractivity contribution < 1.29 is 14.4 Å². The molecule has 10 nitrogen and oxygen atoms in total. The summed E-state index contributed by atoms with van der Waals surface area (Å²) in [6, 6.07) is 4.01. The van der Waals surface area contributed by atoms with Crippen LogP contribution in [0.4, 0.5) is 16.2 Å². The molecule has 0 aliphatic heterocycles. The summed E-state index contributed by atoms with van der Waals surface area (Å²) in [5.74, 6) is -0.687. The maximum Gasteiger partial charge on any atom is 0.316 e. The number of primary amides is 2. The van der Waals surface area contributed by atoms with Crippen LogP contribution in [0.25, 0.3) is 5.69 Å². The molecule has 3 rings (SSSR count). The standard InChI is InChI=1S/C19H25N7O3/c1-22-13-9-26(14-7-19(23-2,24-3)8-15(27)16(13)14)10-4-5-11(17(20)28)12(6-10)25-18(21)29/h4-6,9,22-24H,7-8H2,1-3H3,(H2,20,28)(H3,21,25,29). The van der Waals surface area contributed by atoms with Gasteiger partial charge in [0.25, 0.3) is 5.91 Å². The van der Waals surface area contributed by atoms with E-state index in [4.69, 9.17) is 11.5 Å². The van der Waals surface area contributed by atoms with E-state index in [9.17, 15) is 14.4 Å². The molecular weight excluding hydrogens is 374 g/mol. The maximum absolute atomic E-state index is 12.9. The molecule has 0 unspecified atom stereocenters. The number of nitrogens with zero attached hydrogens (tertiary/aromatic N) is 1. The Labute approximate surface area is 168 Å². The molecule has 1 aromatic heterocycles. The van der Waals surface area contributed by atoms with Gasteiger partial charge in [-0.3, -0.25) is 9.59 Å². The summed E-state index contributed by atoms with van der Waals surface area (Å²) in [6.45, 7) is 0. The van der Waals surface area contributed by atoms with Gasteiger partial charge >= 0.3 is 6.03 Å². The fourth-order valence-corrected chi connectivity index (χ4v) is 3.77. The molecule has 29 heavy (non-hydrogen) atoms. The molecule has 1 aliphatic rings. The number of carbonyl (C=O) groups is 3. The van der Waals surface area contributed by atoms with E-state index in [1.165, 1.54) is 6.07 Å². The first-order valence-corrected chi connectivity index (χ1v) is 9.09. The Hall–Kier alpha value is -3.37. The highest BCUT2D eigenvalue weighted by molar-refractivity contribution is 6.05. The van der Waals surface area contributed by atoms with Crippen molar-refractivity contribution in [1.82, 2.24) is 15.2 Å². The number of carbonyl (C=O) groups excluding carboxylic acids is 3. The molecule has 0 saturated carbocycles. The maximum atomic E-state index is 12.9. The molecule has 3 amide bonds. The van der Waals surface area contributed by atoms with Crippen molar-refractivity contribution in [3.05, 3.63) is 41.2 Å². The number of fused-ring (bicyclic) bond motifs is 1. The first-order chi connectivity index (χ1) is 13.7. The number of nitrogens with two attached hydrogens (primary N) is 2. The van der Waals surface area contributed by atoms with Crippen LogP contribution < -0.4 is 32.7 Å². The molecule has 2 aromatic rings. The van der Waals surface area contributed by atoms with Crippen LogP contribution in [-0.4, -0.2) is 49.1 Å². The van der Waals surface area contributed by atoms with E-state index in [0.717, 1.165) is 5.69 Å². The lowest BCUT2D eigenvalue weighted by Crippen LogP contribution is -2.58. The lowest BCUT2D eigenvalue weighted by molar-refractivity contribution is 0.0902. The third-order valence-electron chi connectivity index (χ3n) is 5.35. The zero-order valence-electron chi connectivity index (χ0n) is 16.6. The zero-order chi connectivity index (χ0) is 21.3. The van der Waals surface area contributed by atoms with E-state index in [0.29, 0.717) is 29.8 Å². The average molecular weight is 399 g/mol. The Morgan fingerprint density at radius 1 is 1.07 bits per heavy atom. The van der Waals surface area contributed by atoms with E-state index >= 15 is 0 Å². The van der Waals surface area contributed by atoms with Crippen molar-refractivity contribution in [2.24, 2.45) is 11.5 Å². The Morgan fingerprint density at radius 3 is 2.31 bits per heavy atom. The highest BCUT2D eigenvalue weighted by Crippen LogP contribution is 2.36. The lowest BCUT2D eigenvalue weighted by Gasteiger charge is -2.36. The molecule has 0 saturated heterocycles. The monoisotopic (exact) mass is 399 g/mol. The van der Waals surface area contributed by atoms with Gasteiger partial charge in [-0.25, -0.2) is 4.79 Å².